The van der Waals surface area contributed by atoms with Gasteiger partial charge in [-0.05, 0) is 54.0 Å². The van der Waals surface area contributed by atoms with Gasteiger partial charge in [-0.15, -0.1) is 0 Å². The Kier molecular flexibility index (Phi) is 9.25. The highest BCUT2D eigenvalue weighted by Crippen LogP contribution is 2.23. The zero-order valence-corrected chi connectivity index (χ0v) is 26.6. The van der Waals surface area contributed by atoms with Crippen molar-refractivity contribution < 1.29 is 8.42 Å². The van der Waals surface area contributed by atoms with Gasteiger partial charge in [0.15, 0.2) is 15.7 Å². The van der Waals surface area contributed by atoms with Gasteiger partial charge in [0.05, 0.1) is 17.2 Å². The molecule has 44 heavy (non-hydrogen) atoms. The molecule has 0 spiro atoms. The molecule has 0 fully saturated rings. The SMILES string of the molecule is CCn1c(CCCc2ccc(-c3ncc(CS(=O)(=O)c4ccccc4)cn3)cc2)nn(Cc2ccc(C(C)(C)C)cc2)c1=O. The van der Waals surface area contributed by atoms with Crippen molar-refractivity contribution in [3.8, 4) is 11.4 Å². The third-order valence-corrected chi connectivity index (χ3v) is 9.41. The van der Waals surface area contributed by atoms with Crippen molar-refractivity contribution in [3.05, 3.63) is 130 Å². The van der Waals surface area contributed by atoms with Crippen molar-refractivity contribution in [1.29, 1.82) is 0 Å². The lowest BCUT2D eigenvalue weighted by atomic mass is 9.87. The van der Waals surface area contributed by atoms with Gasteiger partial charge in [0, 0.05) is 36.5 Å². The molecule has 0 N–H and O–H groups in total. The van der Waals surface area contributed by atoms with Crippen LogP contribution in [0.15, 0.2) is 101 Å². The van der Waals surface area contributed by atoms with E-state index in [9.17, 15) is 13.2 Å². The first-order chi connectivity index (χ1) is 21.0. The van der Waals surface area contributed by atoms with Crippen LogP contribution in [0, 0.1) is 0 Å². The van der Waals surface area contributed by atoms with E-state index in [2.05, 4.69) is 67.1 Å². The van der Waals surface area contributed by atoms with Crippen LogP contribution in [-0.2, 0) is 46.9 Å². The lowest BCUT2D eigenvalue weighted by Crippen LogP contribution is -2.25. The van der Waals surface area contributed by atoms with Crippen molar-refractivity contribution in [2.45, 2.75) is 76.1 Å². The third-order valence-electron chi connectivity index (χ3n) is 7.71. The Hall–Kier alpha value is -4.37. The number of aryl methyl sites for hydroxylation is 2. The Labute approximate surface area is 259 Å². The highest BCUT2D eigenvalue weighted by Gasteiger charge is 2.17. The average molecular weight is 610 g/mol. The molecule has 228 valence electrons. The Morgan fingerprint density at radius 1 is 0.773 bits per heavy atom. The van der Waals surface area contributed by atoms with E-state index < -0.39 is 9.84 Å². The number of hydrogen-bond acceptors (Lipinski definition) is 6. The van der Waals surface area contributed by atoms with Gasteiger partial charge >= 0.3 is 5.69 Å². The minimum atomic E-state index is -3.46. The molecule has 0 saturated heterocycles. The minimum absolute atomic E-state index is 0.0737. The first-order valence-corrected chi connectivity index (χ1v) is 16.6. The van der Waals surface area contributed by atoms with Gasteiger partial charge in [0.25, 0.3) is 0 Å². The van der Waals surface area contributed by atoms with E-state index in [0.717, 1.165) is 29.8 Å². The van der Waals surface area contributed by atoms with Gasteiger partial charge in [-0.3, -0.25) is 4.57 Å². The molecular formula is C35H39N5O3S. The fourth-order valence-corrected chi connectivity index (χ4v) is 6.48. The number of rotatable bonds is 11. The molecule has 5 rings (SSSR count). The van der Waals surface area contributed by atoms with Crippen LogP contribution in [0.25, 0.3) is 11.4 Å². The number of hydrogen-bond donors (Lipinski definition) is 0. The average Bonchev–Trinajstić information content (AvgIpc) is 3.31. The van der Waals surface area contributed by atoms with Crippen LogP contribution in [0.2, 0.25) is 0 Å². The van der Waals surface area contributed by atoms with Crippen LogP contribution in [0.1, 0.15) is 62.2 Å². The van der Waals surface area contributed by atoms with Crippen molar-refractivity contribution >= 4 is 9.84 Å². The number of sulfone groups is 1. The molecule has 3 aromatic carbocycles. The molecule has 0 unspecified atom stereocenters. The summed E-state index contributed by atoms with van der Waals surface area (Å²) in [6.45, 7) is 9.59. The van der Waals surface area contributed by atoms with E-state index >= 15 is 0 Å². The maximum atomic E-state index is 13.0. The summed E-state index contributed by atoms with van der Waals surface area (Å²) in [6.07, 6.45) is 5.55. The molecule has 0 aliphatic heterocycles. The Morgan fingerprint density at radius 3 is 2.02 bits per heavy atom. The molecule has 0 saturated carbocycles. The number of nitrogens with zero attached hydrogens (tertiary/aromatic N) is 5. The Balaban J connectivity index is 1.17. The van der Waals surface area contributed by atoms with E-state index in [4.69, 9.17) is 5.10 Å². The lowest BCUT2D eigenvalue weighted by Gasteiger charge is -2.19. The third kappa shape index (κ3) is 7.39. The van der Waals surface area contributed by atoms with E-state index in [0.29, 0.717) is 30.9 Å². The summed E-state index contributed by atoms with van der Waals surface area (Å²) in [6, 6.07) is 24.9. The zero-order valence-electron chi connectivity index (χ0n) is 25.8. The standard InChI is InChI=1S/C35H39N5O3S/c1-5-39-32(38-40(34(39)41)24-27-16-20-30(21-17-27)35(2,3)4)13-9-10-26-14-18-29(19-15-26)33-36-22-28(23-37-33)25-44(42,43)31-11-7-6-8-12-31/h6-8,11-12,14-23H,5,9-10,13,24-25H2,1-4H3. The van der Waals surface area contributed by atoms with Crippen LogP contribution in [0.3, 0.4) is 0 Å². The van der Waals surface area contributed by atoms with Crippen molar-refractivity contribution in [1.82, 2.24) is 24.3 Å². The maximum Gasteiger partial charge on any atom is 0.346 e. The van der Waals surface area contributed by atoms with Gasteiger partial charge in [0.1, 0.15) is 5.82 Å². The number of aromatic nitrogens is 5. The monoisotopic (exact) mass is 609 g/mol. The van der Waals surface area contributed by atoms with Crippen LogP contribution in [0.4, 0.5) is 0 Å². The highest BCUT2D eigenvalue weighted by molar-refractivity contribution is 7.90. The van der Waals surface area contributed by atoms with Crippen molar-refractivity contribution in [2.24, 2.45) is 0 Å². The summed E-state index contributed by atoms with van der Waals surface area (Å²) >= 11 is 0. The summed E-state index contributed by atoms with van der Waals surface area (Å²) in [5.41, 5.74) is 4.91. The summed E-state index contributed by atoms with van der Waals surface area (Å²) in [7, 11) is -3.46. The molecule has 0 radical (unpaired) electrons. The zero-order chi connectivity index (χ0) is 31.3. The van der Waals surface area contributed by atoms with Gasteiger partial charge in [-0.2, -0.15) is 5.10 Å². The van der Waals surface area contributed by atoms with E-state index in [1.807, 2.05) is 19.1 Å². The molecule has 0 aliphatic rings. The Bertz CT molecular complexity index is 1850. The van der Waals surface area contributed by atoms with Gasteiger partial charge in [-0.25, -0.2) is 27.9 Å². The summed E-state index contributed by atoms with van der Waals surface area (Å²) in [5.74, 6) is 1.20. The van der Waals surface area contributed by atoms with Crippen molar-refractivity contribution in [3.63, 3.8) is 0 Å². The largest absolute Gasteiger partial charge is 0.346 e. The molecule has 0 aliphatic carbocycles. The smallest absolute Gasteiger partial charge is 0.279 e. The molecule has 2 aromatic heterocycles. The topological polar surface area (TPSA) is 99.7 Å². The molecular weight excluding hydrogens is 570 g/mol. The predicted octanol–water partition coefficient (Wildman–Crippen LogP) is 6.02. The molecule has 0 bridgehead atoms. The molecule has 5 aromatic rings. The summed E-state index contributed by atoms with van der Waals surface area (Å²) < 4.78 is 28.7. The fourth-order valence-electron chi connectivity index (χ4n) is 5.15. The Morgan fingerprint density at radius 2 is 1.41 bits per heavy atom. The van der Waals surface area contributed by atoms with E-state index in [-0.39, 0.29) is 21.8 Å². The summed E-state index contributed by atoms with van der Waals surface area (Å²) in [5, 5.41) is 4.69. The second-order valence-electron chi connectivity index (χ2n) is 12.1. The second-order valence-corrected chi connectivity index (χ2v) is 14.1. The lowest BCUT2D eigenvalue weighted by molar-refractivity contribution is 0.588. The van der Waals surface area contributed by atoms with Gasteiger partial charge in [-0.1, -0.05) is 87.5 Å². The summed E-state index contributed by atoms with van der Waals surface area (Å²) in [4.78, 5) is 22.1. The second kappa shape index (κ2) is 13.1. The van der Waals surface area contributed by atoms with Crippen LogP contribution >= 0.6 is 0 Å². The maximum absolute atomic E-state index is 13.0. The van der Waals surface area contributed by atoms with Gasteiger partial charge < -0.3 is 0 Å². The minimum Gasteiger partial charge on any atom is -0.279 e. The highest BCUT2D eigenvalue weighted by atomic mass is 32.2. The molecule has 0 atom stereocenters. The first kappa shape index (κ1) is 31.1. The van der Waals surface area contributed by atoms with E-state index in [1.165, 1.54) is 11.1 Å². The van der Waals surface area contributed by atoms with Crippen LogP contribution in [-0.4, -0.2) is 32.7 Å². The fraction of sp³-hybridized carbons (Fsp3) is 0.314. The van der Waals surface area contributed by atoms with Crippen LogP contribution < -0.4 is 5.69 Å². The van der Waals surface area contributed by atoms with Crippen molar-refractivity contribution in [2.75, 3.05) is 0 Å². The van der Waals surface area contributed by atoms with Crippen LogP contribution in [0.5, 0.6) is 0 Å². The quantitative estimate of drug-likeness (QED) is 0.182. The molecule has 9 heteroatoms. The van der Waals surface area contributed by atoms with E-state index in [1.54, 1.807) is 52.0 Å². The van der Waals surface area contributed by atoms with Gasteiger partial charge in [0.2, 0.25) is 0 Å². The first-order valence-electron chi connectivity index (χ1n) is 15.0. The molecule has 2 heterocycles. The number of benzene rings is 3. The normalized spacial score (nSPS) is 12.0. The molecule has 8 nitrogen and oxygen atoms in total. The molecule has 0 amide bonds. The predicted molar refractivity (Wildman–Crippen MR) is 173 cm³/mol.